The average Bonchev–Trinajstić information content (AvgIpc) is 2.78. The minimum absolute atomic E-state index is 0.377. The summed E-state index contributed by atoms with van der Waals surface area (Å²) in [6.07, 6.45) is 10.4. The molecule has 0 aromatic carbocycles. The first-order chi connectivity index (χ1) is 8.74. The molecule has 2 nitrogen and oxygen atoms in total. The summed E-state index contributed by atoms with van der Waals surface area (Å²) < 4.78 is 0. The van der Waals surface area contributed by atoms with Crippen molar-refractivity contribution in [3.8, 4) is 0 Å². The molecule has 2 atom stereocenters. The normalized spacial score (nSPS) is 33.5. The van der Waals surface area contributed by atoms with Crippen LogP contribution in [0.15, 0.2) is 0 Å². The van der Waals surface area contributed by atoms with Gasteiger partial charge in [0.15, 0.2) is 0 Å². The van der Waals surface area contributed by atoms with Crippen LogP contribution in [0.4, 0.5) is 0 Å². The van der Waals surface area contributed by atoms with Crippen molar-refractivity contribution in [1.82, 2.24) is 10.2 Å². The van der Waals surface area contributed by atoms with Crippen molar-refractivity contribution >= 4 is 11.8 Å². The Morgan fingerprint density at radius 3 is 2.67 bits per heavy atom. The first-order valence-corrected chi connectivity index (χ1v) is 9.05. The number of thioether (sulfide) groups is 1. The topological polar surface area (TPSA) is 15.3 Å². The summed E-state index contributed by atoms with van der Waals surface area (Å²) in [4.78, 5) is 2.82. The molecule has 1 N–H and O–H groups in total. The molecule has 2 aliphatic rings. The van der Waals surface area contributed by atoms with Gasteiger partial charge in [0.2, 0.25) is 0 Å². The molecule has 0 aromatic heterocycles. The minimum Gasteiger partial charge on any atom is -0.310 e. The van der Waals surface area contributed by atoms with Gasteiger partial charge in [-0.2, -0.15) is 11.8 Å². The minimum atomic E-state index is 0.377. The van der Waals surface area contributed by atoms with Crippen LogP contribution in [0, 0.1) is 0 Å². The predicted octanol–water partition coefficient (Wildman–Crippen LogP) is 3.12. The second-order valence-corrected chi connectivity index (χ2v) is 7.09. The van der Waals surface area contributed by atoms with Gasteiger partial charge in [0.25, 0.3) is 0 Å². The molecule has 3 heteroatoms. The van der Waals surface area contributed by atoms with Crippen LogP contribution in [0.1, 0.15) is 52.4 Å². The van der Waals surface area contributed by atoms with E-state index in [4.69, 9.17) is 0 Å². The van der Waals surface area contributed by atoms with Crippen LogP contribution >= 0.6 is 11.8 Å². The van der Waals surface area contributed by atoms with Crippen LogP contribution in [0.3, 0.4) is 0 Å². The summed E-state index contributed by atoms with van der Waals surface area (Å²) in [5.74, 6) is 0. The first-order valence-electron chi connectivity index (χ1n) is 7.76. The fourth-order valence-corrected chi connectivity index (χ4v) is 4.79. The molecule has 0 aromatic rings. The van der Waals surface area contributed by atoms with Crippen molar-refractivity contribution < 1.29 is 0 Å². The molecule has 0 amide bonds. The van der Waals surface area contributed by atoms with E-state index < -0.39 is 0 Å². The third-order valence-electron chi connectivity index (χ3n) is 5.17. The van der Waals surface area contributed by atoms with Crippen molar-refractivity contribution in [2.24, 2.45) is 0 Å². The largest absolute Gasteiger partial charge is 0.310 e. The first kappa shape index (κ1) is 14.7. The maximum absolute atomic E-state index is 3.83. The zero-order valence-electron chi connectivity index (χ0n) is 12.4. The fourth-order valence-electron chi connectivity index (χ4n) is 3.77. The lowest BCUT2D eigenvalue weighted by Crippen LogP contribution is -2.53. The van der Waals surface area contributed by atoms with Gasteiger partial charge in [-0.1, -0.05) is 20.3 Å². The second kappa shape index (κ2) is 6.62. The number of hydrogen-bond donors (Lipinski definition) is 1. The van der Waals surface area contributed by atoms with Gasteiger partial charge >= 0.3 is 0 Å². The van der Waals surface area contributed by atoms with Gasteiger partial charge in [0, 0.05) is 23.4 Å². The van der Waals surface area contributed by atoms with Crippen molar-refractivity contribution in [3.05, 3.63) is 0 Å². The number of rotatable bonds is 4. The number of hydrogen-bond acceptors (Lipinski definition) is 3. The maximum Gasteiger partial charge on any atom is 0.0303 e. The lowest BCUT2D eigenvalue weighted by Gasteiger charge is -2.39. The van der Waals surface area contributed by atoms with Crippen molar-refractivity contribution in [2.75, 3.05) is 25.9 Å². The Hall–Kier alpha value is 0.270. The van der Waals surface area contributed by atoms with Gasteiger partial charge in [-0.25, -0.2) is 0 Å². The summed E-state index contributed by atoms with van der Waals surface area (Å²) in [5.41, 5.74) is 0.377. The molecule has 1 saturated carbocycles. The fraction of sp³-hybridized carbons (Fsp3) is 1.00. The van der Waals surface area contributed by atoms with E-state index in [0.717, 1.165) is 11.3 Å². The highest BCUT2D eigenvalue weighted by atomic mass is 32.2. The molecule has 1 aliphatic heterocycles. The molecular formula is C15H30N2S. The Bertz CT molecular complexity index is 253. The van der Waals surface area contributed by atoms with E-state index in [2.05, 4.69) is 42.1 Å². The maximum atomic E-state index is 3.83. The summed E-state index contributed by atoms with van der Waals surface area (Å²) in [5, 5.41) is 4.72. The molecule has 1 saturated heterocycles. The Morgan fingerprint density at radius 1 is 1.22 bits per heavy atom. The van der Waals surface area contributed by atoms with Crippen LogP contribution in [-0.4, -0.2) is 47.6 Å². The van der Waals surface area contributed by atoms with Crippen LogP contribution < -0.4 is 5.32 Å². The molecule has 1 aliphatic carbocycles. The van der Waals surface area contributed by atoms with Crippen molar-refractivity contribution in [1.29, 1.82) is 0 Å². The lowest BCUT2D eigenvalue weighted by atomic mass is 9.92. The number of nitrogens with zero attached hydrogens (tertiary/aromatic N) is 1. The molecule has 1 heterocycles. The predicted molar refractivity (Wildman–Crippen MR) is 82.4 cm³/mol. The Morgan fingerprint density at radius 2 is 2.00 bits per heavy atom. The highest BCUT2D eigenvalue weighted by molar-refractivity contribution is 7.99. The highest BCUT2D eigenvalue weighted by Gasteiger charge is 2.37. The Labute approximate surface area is 117 Å². The van der Waals surface area contributed by atoms with Gasteiger partial charge in [0.1, 0.15) is 0 Å². The molecule has 18 heavy (non-hydrogen) atoms. The number of nitrogens with one attached hydrogen (secondary N) is 1. The van der Waals surface area contributed by atoms with Gasteiger partial charge in [-0.05, 0) is 51.4 Å². The van der Waals surface area contributed by atoms with Gasteiger partial charge in [0.05, 0.1) is 0 Å². The van der Waals surface area contributed by atoms with E-state index in [1.807, 2.05) is 0 Å². The van der Waals surface area contributed by atoms with E-state index in [1.165, 1.54) is 58.2 Å². The molecule has 0 radical (unpaired) electrons. The van der Waals surface area contributed by atoms with Crippen LogP contribution in [0.25, 0.3) is 0 Å². The SMILES string of the molecule is CCC1(CC)CN(C2CCCC2SC)CCCN1. The lowest BCUT2D eigenvalue weighted by molar-refractivity contribution is 0.152. The molecule has 0 bridgehead atoms. The monoisotopic (exact) mass is 270 g/mol. The van der Waals surface area contributed by atoms with Crippen LogP contribution in [0.5, 0.6) is 0 Å². The summed E-state index contributed by atoms with van der Waals surface area (Å²) in [6, 6.07) is 0.845. The standard InChI is InChI=1S/C15H30N2S/c1-4-15(5-2)12-17(11-7-10-16-15)13-8-6-9-14(13)18-3/h13-14,16H,4-12H2,1-3H3. The van der Waals surface area contributed by atoms with Gasteiger partial charge < -0.3 is 5.32 Å². The van der Waals surface area contributed by atoms with Crippen LogP contribution in [0.2, 0.25) is 0 Å². The summed E-state index contributed by atoms with van der Waals surface area (Å²) in [7, 11) is 0. The Kier molecular flexibility index (Phi) is 5.40. The van der Waals surface area contributed by atoms with Gasteiger partial charge in [-0.3, -0.25) is 4.90 Å². The van der Waals surface area contributed by atoms with Crippen molar-refractivity contribution in [2.45, 2.75) is 69.2 Å². The quantitative estimate of drug-likeness (QED) is 0.845. The van der Waals surface area contributed by atoms with E-state index in [1.54, 1.807) is 0 Å². The highest BCUT2D eigenvalue weighted by Crippen LogP contribution is 2.34. The second-order valence-electron chi connectivity index (χ2n) is 6.01. The zero-order chi connectivity index (χ0) is 13.0. The molecule has 2 fully saturated rings. The van der Waals surface area contributed by atoms with E-state index in [9.17, 15) is 0 Å². The third-order valence-corrected chi connectivity index (χ3v) is 6.33. The van der Waals surface area contributed by atoms with Crippen molar-refractivity contribution in [3.63, 3.8) is 0 Å². The molecule has 106 valence electrons. The third kappa shape index (κ3) is 3.05. The summed E-state index contributed by atoms with van der Waals surface area (Å²) >= 11 is 2.09. The molecule has 0 spiro atoms. The van der Waals surface area contributed by atoms with E-state index in [-0.39, 0.29) is 0 Å². The molecular weight excluding hydrogens is 240 g/mol. The van der Waals surface area contributed by atoms with E-state index in [0.29, 0.717) is 5.54 Å². The summed E-state index contributed by atoms with van der Waals surface area (Å²) in [6.45, 7) is 8.47. The van der Waals surface area contributed by atoms with Crippen LogP contribution in [-0.2, 0) is 0 Å². The Balaban J connectivity index is 2.06. The van der Waals surface area contributed by atoms with Gasteiger partial charge in [-0.15, -0.1) is 0 Å². The smallest absolute Gasteiger partial charge is 0.0303 e. The zero-order valence-corrected chi connectivity index (χ0v) is 13.2. The average molecular weight is 270 g/mol. The van der Waals surface area contributed by atoms with E-state index >= 15 is 0 Å². The molecule has 2 unspecified atom stereocenters. The molecule has 2 rings (SSSR count).